The van der Waals surface area contributed by atoms with Gasteiger partial charge in [-0.05, 0) is 30.3 Å². The highest BCUT2D eigenvalue weighted by Gasteiger charge is 2.17. The fourth-order valence-electron chi connectivity index (χ4n) is 1.63. The van der Waals surface area contributed by atoms with Crippen molar-refractivity contribution in [2.75, 3.05) is 17.6 Å². The van der Waals surface area contributed by atoms with Crippen molar-refractivity contribution in [2.24, 2.45) is 0 Å². The summed E-state index contributed by atoms with van der Waals surface area (Å²) in [6.07, 6.45) is 0. The highest BCUT2D eigenvalue weighted by Crippen LogP contribution is 2.26. The molecule has 0 atom stereocenters. The molecule has 0 radical (unpaired) electrons. The number of hydrogen-bond acceptors (Lipinski definition) is 4. The van der Waals surface area contributed by atoms with Crippen molar-refractivity contribution in [3.05, 3.63) is 47.2 Å². The Kier molecular flexibility index (Phi) is 4.24. The first kappa shape index (κ1) is 15.4. The molecule has 21 heavy (non-hydrogen) atoms. The smallest absolute Gasteiger partial charge is 0.262 e. The molecule has 0 aliphatic rings. The quantitative estimate of drug-likeness (QED) is 0.845. The van der Waals surface area contributed by atoms with Crippen LogP contribution in [0.3, 0.4) is 0 Å². The van der Waals surface area contributed by atoms with Crippen molar-refractivity contribution in [1.82, 2.24) is 0 Å². The molecule has 8 heteroatoms. The molecule has 112 valence electrons. The van der Waals surface area contributed by atoms with Crippen LogP contribution in [0.2, 0.25) is 5.02 Å². The monoisotopic (exact) mass is 330 g/mol. The molecule has 0 unspecified atom stereocenters. The molecule has 3 N–H and O–H groups in total. The predicted molar refractivity (Wildman–Crippen MR) is 79.6 cm³/mol. The van der Waals surface area contributed by atoms with Gasteiger partial charge < -0.3 is 10.5 Å². The van der Waals surface area contributed by atoms with Gasteiger partial charge in [0, 0.05) is 6.07 Å². The first-order valence-corrected chi connectivity index (χ1v) is 7.61. The molecule has 0 aliphatic carbocycles. The average molecular weight is 331 g/mol. The van der Waals surface area contributed by atoms with E-state index in [1.165, 1.54) is 37.4 Å². The molecule has 2 rings (SSSR count). The van der Waals surface area contributed by atoms with E-state index in [9.17, 15) is 12.8 Å². The summed E-state index contributed by atoms with van der Waals surface area (Å²) in [5.74, 6) is -0.480. The second-order valence-electron chi connectivity index (χ2n) is 4.14. The summed E-state index contributed by atoms with van der Waals surface area (Å²) in [5, 5.41) is -0.0906. The maximum atomic E-state index is 13.3. The van der Waals surface area contributed by atoms with E-state index in [0.717, 1.165) is 6.07 Å². The maximum absolute atomic E-state index is 13.3. The van der Waals surface area contributed by atoms with Crippen LogP contribution in [0, 0.1) is 5.82 Å². The van der Waals surface area contributed by atoms with Crippen molar-refractivity contribution < 1.29 is 17.5 Å². The molecule has 0 spiro atoms. The molecule has 0 heterocycles. The van der Waals surface area contributed by atoms with Crippen LogP contribution in [-0.4, -0.2) is 15.5 Å². The molecule has 0 amide bonds. The summed E-state index contributed by atoms with van der Waals surface area (Å²) >= 11 is 5.54. The highest BCUT2D eigenvalue weighted by molar-refractivity contribution is 7.92. The van der Waals surface area contributed by atoms with Crippen LogP contribution in [0.1, 0.15) is 0 Å². The fraction of sp³-hybridized carbons (Fsp3) is 0.0769. The molecular formula is C13H12ClFN2O3S. The largest absolute Gasteiger partial charge is 0.495 e. The molecule has 2 aromatic rings. The zero-order valence-electron chi connectivity index (χ0n) is 10.9. The van der Waals surface area contributed by atoms with Crippen molar-refractivity contribution in [1.29, 1.82) is 0 Å². The Balaban J connectivity index is 2.35. The summed E-state index contributed by atoms with van der Waals surface area (Å²) in [6.45, 7) is 0. The first-order chi connectivity index (χ1) is 9.83. The van der Waals surface area contributed by atoms with Crippen LogP contribution in [0.15, 0.2) is 41.3 Å². The van der Waals surface area contributed by atoms with Crippen molar-refractivity contribution in [3.63, 3.8) is 0 Å². The van der Waals surface area contributed by atoms with Crippen LogP contribution in [0.5, 0.6) is 5.75 Å². The minimum Gasteiger partial charge on any atom is -0.495 e. The number of halogens is 2. The standard InChI is InChI=1S/C13H12ClFN2O3S/c1-20-13-7-9(3-5-12(13)16)21(18,19)17-8-2-4-10(14)11(15)6-8/h2-7,17H,16H2,1H3. The Labute approximate surface area is 126 Å². The molecular weight excluding hydrogens is 319 g/mol. The van der Waals surface area contributed by atoms with Crippen LogP contribution in [-0.2, 0) is 10.0 Å². The molecule has 0 aromatic heterocycles. The Bertz CT molecular complexity index is 781. The Morgan fingerprint density at radius 1 is 1.24 bits per heavy atom. The summed E-state index contributed by atoms with van der Waals surface area (Å²) in [6, 6.07) is 7.64. The molecule has 0 saturated heterocycles. The van der Waals surface area contributed by atoms with E-state index in [1.807, 2.05) is 0 Å². The van der Waals surface area contributed by atoms with Gasteiger partial charge in [0.1, 0.15) is 11.6 Å². The number of benzene rings is 2. The van der Waals surface area contributed by atoms with E-state index in [4.69, 9.17) is 22.1 Å². The lowest BCUT2D eigenvalue weighted by Gasteiger charge is -2.11. The number of rotatable bonds is 4. The summed E-state index contributed by atoms with van der Waals surface area (Å²) in [7, 11) is -2.51. The molecule has 2 aromatic carbocycles. The van der Waals surface area contributed by atoms with E-state index in [2.05, 4.69) is 4.72 Å². The maximum Gasteiger partial charge on any atom is 0.262 e. The van der Waals surface area contributed by atoms with Crippen molar-refractivity contribution in [2.45, 2.75) is 4.90 Å². The SMILES string of the molecule is COc1cc(S(=O)(=O)Nc2ccc(Cl)c(F)c2)ccc1N. The average Bonchev–Trinajstić information content (AvgIpc) is 2.43. The molecule has 5 nitrogen and oxygen atoms in total. The van der Waals surface area contributed by atoms with E-state index in [1.54, 1.807) is 0 Å². The minimum absolute atomic E-state index is 0.0519. The van der Waals surface area contributed by atoms with Crippen molar-refractivity contribution >= 4 is 33.0 Å². The van der Waals surface area contributed by atoms with Crippen LogP contribution < -0.4 is 15.2 Å². The summed E-state index contributed by atoms with van der Waals surface area (Å²) in [5.41, 5.74) is 6.00. The topological polar surface area (TPSA) is 81.4 Å². The van der Waals surface area contributed by atoms with Gasteiger partial charge in [0.15, 0.2) is 0 Å². The third kappa shape index (κ3) is 3.37. The fourth-order valence-corrected chi connectivity index (χ4v) is 2.81. The van der Waals surface area contributed by atoms with Gasteiger partial charge in [-0.25, -0.2) is 12.8 Å². The second kappa shape index (κ2) is 5.79. The number of nitrogen functional groups attached to an aromatic ring is 1. The lowest BCUT2D eigenvalue weighted by Crippen LogP contribution is -2.13. The molecule has 0 saturated carbocycles. The second-order valence-corrected chi connectivity index (χ2v) is 6.23. The third-order valence-corrected chi connectivity index (χ3v) is 4.37. The molecule has 0 fully saturated rings. The third-order valence-electron chi connectivity index (χ3n) is 2.69. The van der Waals surface area contributed by atoms with Gasteiger partial charge in [-0.1, -0.05) is 11.6 Å². The first-order valence-electron chi connectivity index (χ1n) is 5.75. The van der Waals surface area contributed by atoms with Crippen molar-refractivity contribution in [3.8, 4) is 5.75 Å². The number of nitrogens with one attached hydrogen (secondary N) is 1. The lowest BCUT2D eigenvalue weighted by molar-refractivity contribution is 0.415. The number of anilines is 2. The van der Waals surface area contributed by atoms with Gasteiger partial charge in [0.05, 0.1) is 28.4 Å². The number of methoxy groups -OCH3 is 1. The van der Waals surface area contributed by atoms with E-state index < -0.39 is 15.8 Å². The van der Waals surface area contributed by atoms with Gasteiger partial charge in [0.2, 0.25) is 0 Å². The van der Waals surface area contributed by atoms with E-state index >= 15 is 0 Å². The summed E-state index contributed by atoms with van der Waals surface area (Å²) < 4.78 is 45.0. The predicted octanol–water partition coefficient (Wildman–Crippen LogP) is 2.87. The normalized spacial score (nSPS) is 11.2. The van der Waals surface area contributed by atoms with Crippen LogP contribution >= 0.6 is 11.6 Å². The summed E-state index contributed by atoms with van der Waals surface area (Å²) in [4.78, 5) is -0.0519. The Morgan fingerprint density at radius 2 is 1.95 bits per heavy atom. The van der Waals surface area contributed by atoms with Gasteiger partial charge in [-0.3, -0.25) is 4.72 Å². The zero-order valence-corrected chi connectivity index (χ0v) is 12.5. The Hall–Kier alpha value is -1.99. The minimum atomic E-state index is -3.89. The molecule has 0 bridgehead atoms. The highest BCUT2D eigenvalue weighted by atomic mass is 35.5. The molecule has 0 aliphatic heterocycles. The number of sulfonamides is 1. The zero-order chi connectivity index (χ0) is 15.6. The van der Waals surface area contributed by atoms with E-state index in [0.29, 0.717) is 5.69 Å². The number of ether oxygens (including phenoxy) is 1. The van der Waals surface area contributed by atoms with E-state index in [-0.39, 0.29) is 21.4 Å². The van der Waals surface area contributed by atoms with Gasteiger partial charge >= 0.3 is 0 Å². The number of nitrogens with two attached hydrogens (primary N) is 1. The number of hydrogen-bond donors (Lipinski definition) is 2. The van der Waals surface area contributed by atoms with Crippen LogP contribution in [0.4, 0.5) is 15.8 Å². The van der Waals surface area contributed by atoms with Crippen LogP contribution in [0.25, 0.3) is 0 Å². The van der Waals surface area contributed by atoms with Gasteiger partial charge in [-0.15, -0.1) is 0 Å². The Morgan fingerprint density at radius 3 is 2.57 bits per heavy atom. The van der Waals surface area contributed by atoms with Gasteiger partial charge in [0.25, 0.3) is 10.0 Å². The van der Waals surface area contributed by atoms with Gasteiger partial charge in [-0.2, -0.15) is 0 Å². The lowest BCUT2D eigenvalue weighted by atomic mass is 10.3.